The predicted octanol–water partition coefficient (Wildman–Crippen LogP) is 0.142. The van der Waals surface area contributed by atoms with Crippen LogP contribution >= 0.6 is 15.9 Å². The van der Waals surface area contributed by atoms with Crippen LogP contribution in [-0.2, 0) is 9.59 Å². The zero-order chi connectivity index (χ0) is 10.2. The Bertz CT molecular complexity index is 267. The van der Waals surface area contributed by atoms with E-state index in [-0.39, 0.29) is 5.92 Å². The molecule has 1 aliphatic heterocycles. The van der Waals surface area contributed by atoms with Crippen molar-refractivity contribution in [2.24, 2.45) is 5.92 Å². The summed E-state index contributed by atoms with van der Waals surface area (Å²) in [7, 11) is 0. The van der Waals surface area contributed by atoms with E-state index < -0.39 is 22.2 Å². The fourth-order valence-corrected chi connectivity index (χ4v) is 1.25. The molecule has 0 atom stereocenters. The van der Waals surface area contributed by atoms with Gasteiger partial charge in [-0.05, 0) is 5.92 Å². The van der Waals surface area contributed by atoms with Crippen LogP contribution in [0.2, 0.25) is 0 Å². The smallest absolute Gasteiger partial charge is 0.276 e. The van der Waals surface area contributed by atoms with Gasteiger partial charge in [0.2, 0.25) is 0 Å². The van der Waals surface area contributed by atoms with Crippen molar-refractivity contribution in [1.82, 2.24) is 10.6 Å². The highest BCUT2D eigenvalue weighted by Crippen LogP contribution is 2.29. The molecule has 6 heteroatoms. The first-order chi connectivity index (χ1) is 5.89. The third-order valence-electron chi connectivity index (χ3n) is 1.91. The van der Waals surface area contributed by atoms with Gasteiger partial charge < -0.3 is 0 Å². The number of hydrogen-bond donors (Lipinski definition) is 2. The number of carbonyl (C=O) groups excluding carboxylic acids is 3. The fraction of sp³-hybridized carbons (Fsp3) is 0.571. The average molecular weight is 249 g/mol. The molecule has 4 amide bonds. The highest BCUT2D eigenvalue weighted by atomic mass is 79.9. The van der Waals surface area contributed by atoms with Crippen LogP contribution in [0.1, 0.15) is 13.8 Å². The van der Waals surface area contributed by atoms with E-state index in [1.54, 1.807) is 13.8 Å². The minimum Gasteiger partial charge on any atom is -0.276 e. The van der Waals surface area contributed by atoms with E-state index in [9.17, 15) is 14.4 Å². The molecule has 2 N–H and O–H groups in total. The van der Waals surface area contributed by atoms with Crippen LogP contribution in [0.4, 0.5) is 4.79 Å². The van der Waals surface area contributed by atoms with Gasteiger partial charge >= 0.3 is 6.03 Å². The molecular weight excluding hydrogens is 240 g/mol. The molecule has 72 valence electrons. The van der Waals surface area contributed by atoms with Crippen LogP contribution in [-0.4, -0.2) is 22.2 Å². The lowest BCUT2D eigenvalue weighted by Crippen LogP contribution is -2.65. The number of alkyl halides is 1. The van der Waals surface area contributed by atoms with Gasteiger partial charge in [0.25, 0.3) is 11.8 Å². The minimum absolute atomic E-state index is 0.236. The molecule has 13 heavy (non-hydrogen) atoms. The van der Waals surface area contributed by atoms with Crippen LogP contribution in [0.15, 0.2) is 0 Å². The average Bonchev–Trinajstić information content (AvgIpc) is 1.99. The number of hydrogen-bond acceptors (Lipinski definition) is 3. The lowest BCUT2D eigenvalue weighted by atomic mass is 9.92. The van der Waals surface area contributed by atoms with Gasteiger partial charge in [0, 0.05) is 0 Å². The van der Waals surface area contributed by atoms with E-state index >= 15 is 0 Å². The summed E-state index contributed by atoms with van der Waals surface area (Å²) >= 11 is 3.04. The second-order valence-electron chi connectivity index (χ2n) is 3.10. The molecule has 0 saturated carbocycles. The Kier molecular flexibility index (Phi) is 2.42. The van der Waals surface area contributed by atoms with Crippen LogP contribution < -0.4 is 10.6 Å². The molecule has 0 spiro atoms. The van der Waals surface area contributed by atoms with Crippen molar-refractivity contribution in [3.63, 3.8) is 0 Å². The van der Waals surface area contributed by atoms with Gasteiger partial charge in [0.05, 0.1) is 0 Å². The number of halogens is 1. The van der Waals surface area contributed by atoms with E-state index in [0.29, 0.717) is 0 Å². The molecule has 1 heterocycles. The molecule has 0 radical (unpaired) electrons. The molecule has 0 aromatic rings. The molecule has 0 aliphatic carbocycles. The first kappa shape index (κ1) is 10.2. The number of rotatable bonds is 1. The minimum atomic E-state index is -1.33. The summed E-state index contributed by atoms with van der Waals surface area (Å²) in [4.78, 5) is 33.4. The summed E-state index contributed by atoms with van der Waals surface area (Å²) in [5.41, 5.74) is 0. The van der Waals surface area contributed by atoms with E-state index in [2.05, 4.69) is 15.9 Å². The van der Waals surface area contributed by atoms with Gasteiger partial charge in [-0.25, -0.2) is 4.79 Å². The monoisotopic (exact) mass is 248 g/mol. The lowest BCUT2D eigenvalue weighted by molar-refractivity contribution is -0.134. The van der Waals surface area contributed by atoms with Gasteiger partial charge in [0.1, 0.15) is 0 Å². The van der Waals surface area contributed by atoms with E-state index in [1.807, 2.05) is 10.6 Å². The molecule has 1 aliphatic rings. The quantitative estimate of drug-likeness (QED) is 0.512. The Morgan fingerprint density at radius 2 is 1.54 bits per heavy atom. The number of imide groups is 2. The van der Waals surface area contributed by atoms with Gasteiger partial charge in [-0.2, -0.15) is 0 Å². The summed E-state index contributed by atoms with van der Waals surface area (Å²) in [6, 6.07) is -0.772. The van der Waals surface area contributed by atoms with Gasteiger partial charge in [-0.3, -0.25) is 20.2 Å². The van der Waals surface area contributed by atoms with Crippen molar-refractivity contribution in [3.05, 3.63) is 0 Å². The van der Waals surface area contributed by atoms with Crippen molar-refractivity contribution < 1.29 is 14.4 Å². The van der Waals surface area contributed by atoms with Gasteiger partial charge in [-0.1, -0.05) is 29.8 Å². The first-order valence-electron chi connectivity index (χ1n) is 3.74. The van der Waals surface area contributed by atoms with Crippen molar-refractivity contribution >= 4 is 33.8 Å². The Labute approximate surface area is 83.4 Å². The van der Waals surface area contributed by atoms with Crippen molar-refractivity contribution in [2.75, 3.05) is 0 Å². The van der Waals surface area contributed by atoms with Crippen LogP contribution in [0.5, 0.6) is 0 Å². The third kappa shape index (κ3) is 1.46. The van der Waals surface area contributed by atoms with E-state index in [4.69, 9.17) is 0 Å². The predicted molar refractivity (Wildman–Crippen MR) is 48.2 cm³/mol. The number of amides is 4. The number of urea groups is 1. The van der Waals surface area contributed by atoms with Crippen molar-refractivity contribution in [1.29, 1.82) is 0 Å². The summed E-state index contributed by atoms with van der Waals surface area (Å²) in [5, 5.41) is 4.05. The number of carbonyl (C=O) groups is 3. The SMILES string of the molecule is CC(C)C1(Br)C(=O)NC(=O)NC1=O. The summed E-state index contributed by atoms with van der Waals surface area (Å²) < 4.78 is -1.33. The molecule has 1 fully saturated rings. The molecular formula is C7H9BrN2O3. The lowest BCUT2D eigenvalue weighted by Gasteiger charge is -2.31. The summed E-state index contributed by atoms with van der Waals surface area (Å²) in [5.74, 6) is -1.46. The summed E-state index contributed by atoms with van der Waals surface area (Å²) in [6.45, 7) is 3.42. The topological polar surface area (TPSA) is 75.3 Å². The highest BCUT2D eigenvalue weighted by Gasteiger charge is 2.50. The second kappa shape index (κ2) is 3.10. The van der Waals surface area contributed by atoms with Crippen molar-refractivity contribution in [3.8, 4) is 0 Å². The highest BCUT2D eigenvalue weighted by molar-refractivity contribution is 9.10. The third-order valence-corrected chi connectivity index (χ3v) is 3.55. The van der Waals surface area contributed by atoms with E-state index in [0.717, 1.165) is 0 Å². The first-order valence-corrected chi connectivity index (χ1v) is 4.54. The number of barbiturate groups is 1. The van der Waals surface area contributed by atoms with Crippen LogP contribution in [0, 0.1) is 5.92 Å². The molecule has 1 saturated heterocycles. The largest absolute Gasteiger partial charge is 0.328 e. The molecule has 0 unspecified atom stereocenters. The van der Waals surface area contributed by atoms with Crippen molar-refractivity contribution in [2.45, 2.75) is 18.2 Å². The molecule has 5 nitrogen and oxygen atoms in total. The van der Waals surface area contributed by atoms with Crippen LogP contribution in [0.25, 0.3) is 0 Å². The van der Waals surface area contributed by atoms with Crippen LogP contribution in [0.3, 0.4) is 0 Å². The Morgan fingerprint density at radius 1 is 1.15 bits per heavy atom. The molecule has 0 aromatic carbocycles. The maximum Gasteiger partial charge on any atom is 0.328 e. The fourth-order valence-electron chi connectivity index (χ4n) is 1.05. The number of nitrogens with one attached hydrogen (secondary N) is 2. The molecule has 0 bridgehead atoms. The van der Waals surface area contributed by atoms with E-state index in [1.165, 1.54) is 0 Å². The van der Waals surface area contributed by atoms with Gasteiger partial charge in [0.15, 0.2) is 4.32 Å². The maximum absolute atomic E-state index is 11.3. The Balaban J connectivity index is 3.03. The Morgan fingerprint density at radius 3 is 1.85 bits per heavy atom. The zero-order valence-corrected chi connectivity index (χ0v) is 8.77. The molecule has 1 rings (SSSR count). The maximum atomic E-state index is 11.3. The summed E-state index contributed by atoms with van der Waals surface area (Å²) in [6.07, 6.45) is 0. The zero-order valence-electron chi connectivity index (χ0n) is 7.18. The standard InChI is InChI=1S/C7H9BrN2O3/c1-3(2)7(8)4(11)9-6(13)10-5(7)12/h3H,1-2H3,(H2,9,10,11,12,13). The normalized spacial score (nSPS) is 21.4. The second-order valence-corrected chi connectivity index (χ2v) is 4.35. The molecule has 0 aromatic heterocycles. The van der Waals surface area contributed by atoms with Gasteiger partial charge in [-0.15, -0.1) is 0 Å². The Hall–Kier alpha value is -0.910.